The fourth-order valence-electron chi connectivity index (χ4n) is 14.2. The van der Waals surface area contributed by atoms with Gasteiger partial charge in [0.05, 0.1) is 38.8 Å². The Hall–Kier alpha value is -6.91. The Morgan fingerprint density at radius 3 is 2.15 bits per heavy atom. The van der Waals surface area contributed by atoms with Gasteiger partial charge in [-0.25, -0.2) is 30.9 Å². The van der Waals surface area contributed by atoms with Gasteiger partial charge in [0.1, 0.15) is 16.8 Å². The number of halogens is 5. The summed E-state index contributed by atoms with van der Waals surface area (Å²) in [7, 11) is -11.1. The van der Waals surface area contributed by atoms with Crippen LogP contribution in [-0.4, -0.2) is 172 Å². The van der Waals surface area contributed by atoms with Gasteiger partial charge in [-0.15, -0.1) is 23.1 Å². The van der Waals surface area contributed by atoms with Gasteiger partial charge in [0, 0.05) is 129 Å². The van der Waals surface area contributed by atoms with Crippen molar-refractivity contribution >= 4 is 95.1 Å². The van der Waals surface area contributed by atoms with E-state index < -0.39 is 76.3 Å². The van der Waals surface area contributed by atoms with Crippen LogP contribution in [0.4, 0.5) is 28.9 Å². The fraction of sp³-hybridized carbons (Fsp3) is 0.487. The van der Waals surface area contributed by atoms with Crippen molar-refractivity contribution in [3.05, 3.63) is 160 Å². The van der Waals surface area contributed by atoms with Crippen molar-refractivity contribution in [2.24, 2.45) is 11.3 Å². The zero-order chi connectivity index (χ0) is 73.8. The number of nitrogens with zero attached hydrogens (tertiary/aromatic N) is 6. The molecular formula is C76H94ClF4N9O9S4. The van der Waals surface area contributed by atoms with E-state index in [1.165, 1.54) is 35.5 Å². The summed E-state index contributed by atoms with van der Waals surface area (Å²) in [4.78, 5) is 69.4. The molecule has 5 atom stereocenters. The van der Waals surface area contributed by atoms with Crippen LogP contribution in [0.1, 0.15) is 144 Å². The Morgan fingerprint density at radius 1 is 0.786 bits per heavy atom. The van der Waals surface area contributed by atoms with Gasteiger partial charge in [-0.2, -0.15) is 13.2 Å². The lowest BCUT2D eigenvalue weighted by Crippen LogP contribution is -2.50. The number of thioether (sulfide) groups is 1. The highest BCUT2D eigenvalue weighted by Gasteiger charge is 2.49. The SMILES string of the molecule is Cc1ncsc1-c1ccc([C@H](C)NC(=O)[C@@H]2C[C@@H](O)CN2C(=O)[C@@H](CCCCCCC(=O)N2CCN(CC[C@H](CSc3ccccc3)Nc3ccc(S(=O)(=O)NC(=O)c4ccc(N5CCN(CC6=C(c7ccc(Cl)cc7F)CCCCC6)CC5)cc4)cc3S(=O)(=O)C(F)(F)F)CC2)C(C)(C)C)cc1. The molecule has 27 heteroatoms. The summed E-state index contributed by atoms with van der Waals surface area (Å²) in [6.07, 6.45) is 8.23. The van der Waals surface area contributed by atoms with Crippen molar-refractivity contribution < 1.29 is 58.7 Å². The second-order valence-electron chi connectivity index (χ2n) is 28.5. The molecule has 3 saturated heterocycles. The number of aliphatic hydroxyl groups is 1. The molecule has 4 N–H and O–H groups in total. The van der Waals surface area contributed by atoms with Crippen LogP contribution in [0, 0.1) is 24.1 Å². The number of nitrogens with one attached hydrogen (secondary N) is 3. The first-order valence-electron chi connectivity index (χ1n) is 35.5. The maximum Gasteiger partial charge on any atom is 0.501 e. The van der Waals surface area contributed by atoms with Crippen molar-refractivity contribution in [1.82, 2.24) is 34.6 Å². The quantitative estimate of drug-likeness (QED) is 0.0204. The molecule has 4 amide bonds. The van der Waals surface area contributed by atoms with Crippen molar-refractivity contribution in [1.29, 1.82) is 0 Å². The number of thiazole rings is 1. The van der Waals surface area contributed by atoms with E-state index in [4.69, 9.17) is 11.6 Å². The Morgan fingerprint density at radius 2 is 1.48 bits per heavy atom. The molecule has 10 rings (SSSR count). The summed E-state index contributed by atoms with van der Waals surface area (Å²) in [6.45, 7) is 15.7. The van der Waals surface area contributed by atoms with E-state index >= 15 is 4.39 Å². The summed E-state index contributed by atoms with van der Waals surface area (Å²) >= 11 is 9.05. The third kappa shape index (κ3) is 20.6. The third-order valence-corrected chi connectivity index (χ3v) is 25.4. The number of piperazine rings is 2. The minimum atomic E-state index is -6.18. The van der Waals surface area contributed by atoms with E-state index in [9.17, 15) is 54.3 Å². The number of anilines is 2. The van der Waals surface area contributed by atoms with Gasteiger partial charge < -0.3 is 30.4 Å². The minimum absolute atomic E-state index is 0.0138. The van der Waals surface area contributed by atoms with Gasteiger partial charge in [-0.05, 0) is 148 Å². The van der Waals surface area contributed by atoms with Gasteiger partial charge in [0.25, 0.3) is 25.8 Å². The highest BCUT2D eigenvalue weighted by Crippen LogP contribution is 2.40. The molecule has 1 aliphatic carbocycles. The lowest BCUT2D eigenvalue weighted by molar-refractivity contribution is -0.145. The highest BCUT2D eigenvalue weighted by molar-refractivity contribution is 7.99. The third-order valence-electron chi connectivity index (χ3n) is 20.1. The van der Waals surface area contributed by atoms with Crippen LogP contribution in [-0.2, 0) is 34.2 Å². The number of aromatic nitrogens is 1. The molecule has 0 saturated carbocycles. The molecule has 4 aliphatic rings. The minimum Gasteiger partial charge on any atom is -0.391 e. The van der Waals surface area contributed by atoms with Crippen LogP contribution >= 0.6 is 34.7 Å². The number of allylic oxidation sites excluding steroid dienone is 1. The molecule has 3 aliphatic heterocycles. The first-order valence-corrected chi connectivity index (χ1v) is 40.7. The van der Waals surface area contributed by atoms with Crippen LogP contribution in [0.15, 0.2) is 141 Å². The molecule has 0 spiro atoms. The van der Waals surface area contributed by atoms with E-state index in [0.29, 0.717) is 108 Å². The monoisotopic (exact) mass is 1520 g/mol. The maximum absolute atomic E-state index is 15.1. The molecule has 0 bridgehead atoms. The first-order chi connectivity index (χ1) is 49.0. The van der Waals surface area contributed by atoms with Gasteiger partial charge in [-0.1, -0.05) is 112 Å². The second kappa shape index (κ2) is 35.0. The summed E-state index contributed by atoms with van der Waals surface area (Å²) in [6, 6.07) is 28.8. The normalized spacial score (nSPS) is 18.5. The fourth-order valence-corrected chi connectivity index (χ4v) is 18.2. The Labute approximate surface area is 616 Å². The summed E-state index contributed by atoms with van der Waals surface area (Å²) in [5, 5.41) is 17.3. The molecule has 6 aromatic rings. The molecule has 3 fully saturated rings. The lowest BCUT2D eigenvalue weighted by Gasteiger charge is -2.37. The number of sulfonamides is 1. The number of benzene rings is 5. The molecule has 103 heavy (non-hydrogen) atoms. The molecule has 1 aromatic heterocycles. The predicted molar refractivity (Wildman–Crippen MR) is 399 cm³/mol. The number of likely N-dealkylation sites (tertiary alicyclic amines) is 1. The number of β-amino-alcohol motifs (C(OH)–C–C–N with tert-alkyl or cyclic N) is 1. The van der Waals surface area contributed by atoms with Crippen LogP contribution in [0.3, 0.4) is 0 Å². The van der Waals surface area contributed by atoms with Crippen molar-refractivity contribution in [3.63, 3.8) is 0 Å². The Kier molecular flexibility index (Phi) is 26.7. The largest absolute Gasteiger partial charge is 0.501 e. The zero-order valence-corrected chi connectivity index (χ0v) is 63.1. The molecule has 556 valence electrons. The Bertz CT molecular complexity index is 4190. The number of sulfone groups is 1. The van der Waals surface area contributed by atoms with Gasteiger partial charge in [-0.3, -0.25) is 29.0 Å². The number of hydrogen-bond acceptors (Lipinski definition) is 16. The number of alkyl halides is 3. The highest BCUT2D eigenvalue weighted by atomic mass is 35.5. The average molecular weight is 1520 g/mol. The number of aliphatic hydroxyl groups excluding tert-OH is 1. The van der Waals surface area contributed by atoms with Crippen LogP contribution < -0.4 is 20.3 Å². The number of hydrogen-bond donors (Lipinski definition) is 4. The summed E-state index contributed by atoms with van der Waals surface area (Å²) in [5.74, 6) is -1.99. The second-order valence-corrected chi connectivity index (χ2v) is 34.5. The predicted octanol–water partition coefficient (Wildman–Crippen LogP) is 13.8. The van der Waals surface area contributed by atoms with Gasteiger partial charge in [0.15, 0.2) is 0 Å². The molecule has 0 radical (unpaired) electrons. The number of aryl methyl sites for hydroxylation is 1. The van der Waals surface area contributed by atoms with Crippen LogP contribution in [0.25, 0.3) is 16.0 Å². The van der Waals surface area contributed by atoms with Gasteiger partial charge >= 0.3 is 5.51 Å². The molecule has 5 aromatic carbocycles. The van der Waals surface area contributed by atoms with Crippen molar-refractivity contribution in [3.8, 4) is 10.4 Å². The van der Waals surface area contributed by atoms with Crippen molar-refractivity contribution in [2.75, 3.05) is 88.0 Å². The average Bonchev–Trinajstić information content (AvgIpc) is 1.48. The molecule has 4 heterocycles. The van der Waals surface area contributed by atoms with E-state index in [1.54, 1.807) is 40.5 Å². The number of carbonyl (C=O) groups is 4. The smallest absolute Gasteiger partial charge is 0.391 e. The molecule has 0 unspecified atom stereocenters. The molecular weight excluding hydrogens is 1420 g/mol. The van der Waals surface area contributed by atoms with Crippen LogP contribution in [0.2, 0.25) is 5.02 Å². The van der Waals surface area contributed by atoms with E-state index in [2.05, 4.69) is 30.3 Å². The maximum atomic E-state index is 15.1. The lowest BCUT2D eigenvalue weighted by atomic mass is 9.76. The van der Waals surface area contributed by atoms with E-state index in [0.717, 1.165) is 101 Å². The standard InChI is InChI=1S/C76H94ClF4N9O9S4/c1-51(53-22-24-54(25-23-53)71-52(2)82-50-101-71)83-73(94)68-45-60(91)48-90(68)74(95)65(75(3,4)5)20-14-6-7-15-21-70(92)89-42-36-86(37-43-89)35-34-58(49-100-61-17-11-9-12-18-61)84-67-33-31-62(46-69(67)102(96,97)76(79,80)81)103(98,99)85-72(93)55-26-29-59(30-27-55)88-40-38-87(39-41-88)47-56-16-10-8-13-19-63(56)64-32-28-57(77)44-66(64)78/h9,11-12,17-18,22-33,44,46,50-51,58,60,65,68,84,91H,6-8,10,13-16,19-21,34-43,45,47-49H2,1-5H3,(H,83,94)(H,85,93)/t51-,58+,60+,65+,68-/m0/s1. The molecule has 18 nitrogen and oxygen atoms in total. The van der Waals surface area contributed by atoms with Crippen LogP contribution in [0.5, 0.6) is 0 Å². The number of carbonyl (C=O) groups excluding carboxylic acids is 4. The summed E-state index contributed by atoms with van der Waals surface area (Å²) in [5.41, 5.74) is 1.58. The van der Waals surface area contributed by atoms with Gasteiger partial charge in [0.2, 0.25) is 17.7 Å². The van der Waals surface area contributed by atoms with Crippen molar-refractivity contribution in [2.45, 2.75) is 163 Å². The summed E-state index contributed by atoms with van der Waals surface area (Å²) < 4.78 is 115. The first kappa shape index (κ1) is 78.7. The van der Waals surface area contributed by atoms with E-state index in [1.807, 2.05) is 104 Å². The number of unbranched alkanes of at least 4 members (excludes halogenated alkanes) is 3. The number of amides is 4. The topological polar surface area (TPSA) is 222 Å². The Balaban J connectivity index is 0.694. The zero-order valence-electron chi connectivity index (χ0n) is 59.0. The van der Waals surface area contributed by atoms with E-state index in [-0.39, 0.29) is 53.9 Å². The number of rotatable bonds is 28.